The van der Waals surface area contributed by atoms with Crippen LogP contribution in [0.3, 0.4) is 0 Å². The zero-order chi connectivity index (χ0) is 14.5. The number of methoxy groups -OCH3 is 1. The fraction of sp³-hybridized carbons (Fsp3) is 0.357. The lowest BCUT2D eigenvalue weighted by Gasteiger charge is -2.19. The molecule has 0 bridgehead atoms. The fourth-order valence-corrected chi connectivity index (χ4v) is 2.70. The topological polar surface area (TPSA) is 55.3 Å². The van der Waals surface area contributed by atoms with Crippen molar-refractivity contribution in [2.24, 2.45) is 0 Å². The number of carbonyl (C=O) groups is 1. The molecule has 6 heteroatoms. The second kappa shape index (κ2) is 6.47. The van der Waals surface area contributed by atoms with E-state index in [-0.39, 0.29) is 5.97 Å². The Kier molecular flexibility index (Phi) is 4.68. The molecular formula is C14H17N3O2S. The van der Waals surface area contributed by atoms with E-state index in [4.69, 9.17) is 4.74 Å². The molecule has 2 heterocycles. The Morgan fingerprint density at radius 2 is 2.25 bits per heavy atom. The lowest BCUT2D eigenvalue weighted by Crippen LogP contribution is -2.22. The first-order chi connectivity index (χ1) is 9.63. The first-order valence-electron chi connectivity index (χ1n) is 6.35. The van der Waals surface area contributed by atoms with Crippen LogP contribution in [-0.4, -0.2) is 29.6 Å². The number of anilines is 1. The highest BCUT2D eigenvalue weighted by atomic mass is 32.1. The third-order valence-corrected chi connectivity index (χ3v) is 3.87. The van der Waals surface area contributed by atoms with Gasteiger partial charge in [0.05, 0.1) is 25.5 Å². The van der Waals surface area contributed by atoms with Crippen LogP contribution in [0.4, 0.5) is 5.13 Å². The van der Waals surface area contributed by atoms with Gasteiger partial charge in [0.25, 0.3) is 0 Å². The predicted octanol–water partition coefficient (Wildman–Crippen LogP) is 2.66. The number of esters is 1. The average molecular weight is 291 g/mol. The van der Waals surface area contributed by atoms with Crippen molar-refractivity contribution < 1.29 is 9.53 Å². The highest BCUT2D eigenvalue weighted by Gasteiger charge is 2.15. The second-order valence-electron chi connectivity index (χ2n) is 4.28. The van der Waals surface area contributed by atoms with Crippen molar-refractivity contribution in [2.45, 2.75) is 20.4 Å². The molecular weight excluding hydrogens is 274 g/mol. The minimum atomic E-state index is -0.349. The van der Waals surface area contributed by atoms with E-state index in [9.17, 15) is 4.79 Å². The number of nitrogens with zero attached hydrogens (tertiary/aromatic N) is 3. The first kappa shape index (κ1) is 14.5. The van der Waals surface area contributed by atoms with E-state index in [2.05, 4.69) is 21.8 Å². The van der Waals surface area contributed by atoms with Crippen molar-refractivity contribution >= 4 is 22.4 Å². The van der Waals surface area contributed by atoms with Gasteiger partial charge in [-0.25, -0.2) is 9.78 Å². The summed E-state index contributed by atoms with van der Waals surface area (Å²) in [6, 6.07) is 5.95. The van der Waals surface area contributed by atoms with Gasteiger partial charge in [-0.15, -0.1) is 0 Å². The van der Waals surface area contributed by atoms with Gasteiger partial charge >= 0.3 is 5.97 Å². The summed E-state index contributed by atoms with van der Waals surface area (Å²) in [7, 11) is 1.37. The van der Waals surface area contributed by atoms with Gasteiger partial charge in [0.1, 0.15) is 4.88 Å². The highest BCUT2D eigenvalue weighted by Crippen LogP contribution is 2.24. The molecule has 2 rings (SSSR count). The molecule has 0 saturated heterocycles. The zero-order valence-corrected chi connectivity index (χ0v) is 12.6. The first-order valence-corrected chi connectivity index (χ1v) is 7.17. The van der Waals surface area contributed by atoms with Crippen LogP contribution in [0, 0.1) is 6.92 Å². The summed E-state index contributed by atoms with van der Waals surface area (Å²) in [4.78, 5) is 22.8. The van der Waals surface area contributed by atoms with Crippen LogP contribution >= 0.6 is 11.3 Å². The Bertz CT molecular complexity index is 598. The molecule has 20 heavy (non-hydrogen) atoms. The quantitative estimate of drug-likeness (QED) is 0.793. The number of pyridine rings is 1. The number of hydrogen-bond donors (Lipinski definition) is 0. The zero-order valence-electron chi connectivity index (χ0n) is 11.8. The Morgan fingerprint density at radius 3 is 2.90 bits per heavy atom. The van der Waals surface area contributed by atoms with Crippen LogP contribution in [0.2, 0.25) is 0 Å². The van der Waals surface area contributed by atoms with Crippen molar-refractivity contribution in [2.75, 3.05) is 18.6 Å². The van der Waals surface area contributed by atoms with Gasteiger partial charge in [-0.2, -0.15) is 0 Å². The van der Waals surface area contributed by atoms with Gasteiger partial charge in [0.2, 0.25) is 0 Å². The smallest absolute Gasteiger partial charge is 0.349 e. The Morgan fingerprint density at radius 1 is 1.45 bits per heavy atom. The molecule has 0 amide bonds. The molecule has 0 radical (unpaired) electrons. The lowest BCUT2D eigenvalue weighted by atomic mass is 10.3. The van der Waals surface area contributed by atoms with E-state index in [1.165, 1.54) is 18.4 Å². The Labute approximate surface area is 122 Å². The molecule has 0 aliphatic heterocycles. The standard InChI is InChI=1S/C14H17N3O2S/c1-4-17(9-11-7-5-6-10(2)16-11)14-15-8-12(20-14)13(18)19-3/h5-8H,4,9H2,1-3H3. The minimum Gasteiger partial charge on any atom is -0.465 e. The van der Waals surface area contributed by atoms with Crippen LogP contribution < -0.4 is 4.90 Å². The Hall–Kier alpha value is -1.95. The van der Waals surface area contributed by atoms with Crippen LogP contribution in [0.1, 0.15) is 28.0 Å². The van der Waals surface area contributed by atoms with Crippen LogP contribution in [0.5, 0.6) is 0 Å². The van der Waals surface area contributed by atoms with E-state index in [0.717, 1.165) is 23.1 Å². The maximum atomic E-state index is 11.5. The number of aryl methyl sites for hydroxylation is 1. The minimum absolute atomic E-state index is 0.349. The average Bonchev–Trinajstić information content (AvgIpc) is 2.93. The van der Waals surface area contributed by atoms with Gasteiger partial charge in [0, 0.05) is 12.2 Å². The maximum Gasteiger partial charge on any atom is 0.349 e. The number of ether oxygens (including phenoxy) is 1. The molecule has 0 saturated carbocycles. The summed E-state index contributed by atoms with van der Waals surface area (Å²) < 4.78 is 4.70. The summed E-state index contributed by atoms with van der Waals surface area (Å²) >= 11 is 1.33. The summed E-state index contributed by atoms with van der Waals surface area (Å²) in [5.41, 5.74) is 1.98. The summed E-state index contributed by atoms with van der Waals surface area (Å²) in [5.74, 6) is -0.349. The van der Waals surface area contributed by atoms with Gasteiger partial charge < -0.3 is 9.64 Å². The SMILES string of the molecule is CCN(Cc1cccc(C)n1)c1ncc(C(=O)OC)s1. The third kappa shape index (κ3) is 3.33. The number of thiazole rings is 1. The van der Waals surface area contributed by atoms with Gasteiger partial charge in [-0.05, 0) is 26.0 Å². The second-order valence-corrected chi connectivity index (χ2v) is 5.29. The number of carbonyl (C=O) groups excluding carboxylic acids is 1. The molecule has 0 aliphatic rings. The van der Waals surface area contributed by atoms with E-state index in [1.54, 1.807) is 6.20 Å². The number of aromatic nitrogens is 2. The molecule has 0 N–H and O–H groups in total. The van der Waals surface area contributed by atoms with Gasteiger partial charge in [-0.1, -0.05) is 17.4 Å². The normalized spacial score (nSPS) is 10.3. The van der Waals surface area contributed by atoms with Crippen LogP contribution in [0.15, 0.2) is 24.4 Å². The summed E-state index contributed by atoms with van der Waals surface area (Å²) in [5, 5.41) is 0.802. The maximum absolute atomic E-state index is 11.5. The third-order valence-electron chi connectivity index (χ3n) is 2.83. The summed E-state index contributed by atoms with van der Waals surface area (Å²) in [6.07, 6.45) is 1.55. The van der Waals surface area contributed by atoms with Gasteiger partial charge in [-0.3, -0.25) is 4.98 Å². The molecule has 0 unspecified atom stereocenters. The molecule has 0 fully saturated rings. The molecule has 0 aromatic carbocycles. The van der Waals surface area contributed by atoms with E-state index in [0.29, 0.717) is 11.4 Å². The van der Waals surface area contributed by atoms with Crippen LogP contribution in [-0.2, 0) is 11.3 Å². The van der Waals surface area contributed by atoms with E-state index in [1.807, 2.05) is 25.1 Å². The molecule has 0 aliphatic carbocycles. The monoisotopic (exact) mass is 291 g/mol. The lowest BCUT2D eigenvalue weighted by molar-refractivity contribution is 0.0606. The summed E-state index contributed by atoms with van der Waals surface area (Å²) in [6.45, 7) is 5.49. The van der Waals surface area contributed by atoms with Crippen molar-refractivity contribution in [3.05, 3.63) is 40.7 Å². The molecule has 2 aromatic rings. The highest BCUT2D eigenvalue weighted by molar-refractivity contribution is 7.17. The fourth-order valence-electron chi connectivity index (χ4n) is 1.80. The molecule has 0 spiro atoms. The molecule has 5 nitrogen and oxygen atoms in total. The number of rotatable bonds is 5. The van der Waals surface area contributed by atoms with Crippen LogP contribution in [0.25, 0.3) is 0 Å². The Balaban J connectivity index is 2.16. The molecule has 0 atom stereocenters. The number of hydrogen-bond acceptors (Lipinski definition) is 6. The van der Waals surface area contributed by atoms with Crippen molar-refractivity contribution in [1.82, 2.24) is 9.97 Å². The molecule has 106 valence electrons. The van der Waals surface area contributed by atoms with E-state index >= 15 is 0 Å². The van der Waals surface area contributed by atoms with Gasteiger partial charge in [0.15, 0.2) is 5.13 Å². The largest absolute Gasteiger partial charge is 0.465 e. The van der Waals surface area contributed by atoms with Crippen molar-refractivity contribution in [3.8, 4) is 0 Å². The van der Waals surface area contributed by atoms with Crippen molar-refractivity contribution in [3.63, 3.8) is 0 Å². The molecule has 2 aromatic heterocycles. The van der Waals surface area contributed by atoms with Crippen molar-refractivity contribution in [1.29, 1.82) is 0 Å². The van der Waals surface area contributed by atoms with E-state index < -0.39 is 0 Å². The predicted molar refractivity (Wildman–Crippen MR) is 79.2 cm³/mol.